The standard InChI is InChI=1S/2C10H14N4O6/c2*1-3-19-5(15)9-10(6(16)20-4-2,13-7(17)11-9)14-8(18)12-9/h2*3-4H2,1-2H3,(H2,11,13,17)(H2,12,14,18). The van der Waals surface area contributed by atoms with Crippen molar-refractivity contribution in [2.24, 2.45) is 0 Å². The summed E-state index contributed by atoms with van der Waals surface area (Å²) < 4.78 is 19.3. The molecule has 0 aromatic heterocycles. The van der Waals surface area contributed by atoms with Gasteiger partial charge in [0, 0.05) is 0 Å². The van der Waals surface area contributed by atoms with E-state index in [4.69, 9.17) is 18.9 Å². The molecule has 0 aliphatic carbocycles. The number of carbonyl (C=O) groups is 8. The highest BCUT2D eigenvalue weighted by Crippen LogP contribution is 2.31. The SMILES string of the molecule is CCOC(=O)C12NC(=O)NC1(C(=O)OCC)NC(=O)N2.CCOC(=O)C12NC(=O)NC1(C(=O)OCC)NC(=O)N2. The van der Waals surface area contributed by atoms with E-state index in [-0.39, 0.29) is 26.4 Å². The van der Waals surface area contributed by atoms with Crippen molar-refractivity contribution in [2.75, 3.05) is 26.4 Å². The van der Waals surface area contributed by atoms with Crippen LogP contribution in [0.4, 0.5) is 19.2 Å². The minimum absolute atomic E-state index is 0.00519. The molecule has 4 fully saturated rings. The highest BCUT2D eigenvalue weighted by atomic mass is 16.6. The molecule has 4 heterocycles. The molecule has 0 spiro atoms. The molecule has 4 aliphatic heterocycles. The Balaban J connectivity index is 0.000000220. The number of carbonyl (C=O) groups excluding carboxylic acids is 8. The molecule has 0 atom stereocenters. The van der Waals surface area contributed by atoms with E-state index in [2.05, 4.69) is 42.5 Å². The van der Waals surface area contributed by atoms with Gasteiger partial charge in [-0.1, -0.05) is 0 Å². The third kappa shape index (κ3) is 4.25. The van der Waals surface area contributed by atoms with E-state index < -0.39 is 70.7 Å². The number of ether oxygens (including phenoxy) is 4. The summed E-state index contributed by atoms with van der Waals surface area (Å²) in [5.41, 5.74) is -8.32. The molecule has 220 valence electrons. The third-order valence-corrected chi connectivity index (χ3v) is 5.86. The fraction of sp³-hybridized carbons (Fsp3) is 0.600. The van der Waals surface area contributed by atoms with Gasteiger partial charge in [0.15, 0.2) is 0 Å². The minimum atomic E-state index is -2.08. The summed E-state index contributed by atoms with van der Waals surface area (Å²) in [6.45, 7) is 6.22. The zero-order chi connectivity index (χ0) is 29.9. The molecule has 4 saturated heterocycles. The topological polar surface area (TPSA) is 270 Å². The van der Waals surface area contributed by atoms with Gasteiger partial charge in [-0.2, -0.15) is 0 Å². The number of hydrogen-bond donors (Lipinski definition) is 8. The largest absolute Gasteiger partial charge is 0.463 e. The molecule has 4 aliphatic rings. The molecule has 0 aromatic rings. The monoisotopic (exact) mass is 572 g/mol. The van der Waals surface area contributed by atoms with Crippen LogP contribution in [0.2, 0.25) is 0 Å². The van der Waals surface area contributed by atoms with Crippen LogP contribution in [-0.2, 0) is 38.1 Å². The first-order valence-corrected chi connectivity index (χ1v) is 11.9. The quantitative estimate of drug-likeness (QED) is 0.103. The number of urea groups is 4. The first-order chi connectivity index (χ1) is 18.8. The van der Waals surface area contributed by atoms with Crippen molar-refractivity contribution in [2.45, 2.75) is 50.3 Å². The van der Waals surface area contributed by atoms with Crippen LogP contribution in [0.1, 0.15) is 27.7 Å². The Morgan fingerprint density at radius 2 is 0.575 bits per heavy atom. The average molecular weight is 572 g/mol. The van der Waals surface area contributed by atoms with Gasteiger partial charge in [0.05, 0.1) is 26.4 Å². The van der Waals surface area contributed by atoms with Crippen LogP contribution in [0.5, 0.6) is 0 Å². The average Bonchev–Trinajstić information content (AvgIpc) is 3.50. The van der Waals surface area contributed by atoms with Crippen molar-refractivity contribution in [3.05, 3.63) is 0 Å². The zero-order valence-corrected chi connectivity index (χ0v) is 21.7. The van der Waals surface area contributed by atoms with Crippen LogP contribution in [0.15, 0.2) is 0 Å². The first kappa shape index (κ1) is 29.5. The number of nitrogens with one attached hydrogen (secondary N) is 8. The maximum Gasteiger partial charge on any atom is 0.358 e. The molecule has 4 rings (SSSR count). The van der Waals surface area contributed by atoms with Crippen molar-refractivity contribution >= 4 is 48.0 Å². The van der Waals surface area contributed by atoms with Crippen LogP contribution >= 0.6 is 0 Å². The highest BCUT2D eigenvalue weighted by molar-refractivity contribution is 6.10. The van der Waals surface area contributed by atoms with Gasteiger partial charge in [-0.3, -0.25) is 0 Å². The van der Waals surface area contributed by atoms with Gasteiger partial charge < -0.3 is 61.5 Å². The molecule has 0 unspecified atom stereocenters. The maximum atomic E-state index is 12.1. The molecular weight excluding hydrogens is 544 g/mol. The van der Waals surface area contributed by atoms with Gasteiger partial charge in [0.1, 0.15) is 0 Å². The smallest absolute Gasteiger partial charge is 0.358 e. The summed E-state index contributed by atoms with van der Waals surface area (Å²) in [6, 6.07) is -3.28. The molecule has 8 N–H and O–H groups in total. The Kier molecular flexibility index (Phi) is 7.83. The third-order valence-electron chi connectivity index (χ3n) is 5.86. The number of esters is 4. The lowest BCUT2D eigenvalue weighted by atomic mass is 9.96. The summed E-state index contributed by atoms with van der Waals surface area (Å²) in [6.07, 6.45) is 0. The van der Waals surface area contributed by atoms with Gasteiger partial charge in [0.2, 0.25) is 0 Å². The van der Waals surface area contributed by atoms with E-state index in [9.17, 15) is 38.4 Å². The van der Waals surface area contributed by atoms with Crippen molar-refractivity contribution < 1.29 is 57.3 Å². The second kappa shape index (κ2) is 10.6. The van der Waals surface area contributed by atoms with Gasteiger partial charge in [-0.25, -0.2) is 38.4 Å². The Labute approximate surface area is 225 Å². The Morgan fingerprint density at radius 3 is 0.700 bits per heavy atom. The summed E-state index contributed by atoms with van der Waals surface area (Å²) >= 11 is 0. The number of amides is 8. The van der Waals surface area contributed by atoms with Crippen LogP contribution < -0.4 is 42.5 Å². The van der Waals surface area contributed by atoms with Crippen molar-refractivity contribution in [3.63, 3.8) is 0 Å². The van der Waals surface area contributed by atoms with Gasteiger partial charge in [0.25, 0.3) is 22.7 Å². The van der Waals surface area contributed by atoms with E-state index in [0.717, 1.165) is 0 Å². The summed E-state index contributed by atoms with van der Waals surface area (Å²) in [7, 11) is 0. The van der Waals surface area contributed by atoms with Gasteiger partial charge in [-0.15, -0.1) is 0 Å². The van der Waals surface area contributed by atoms with Crippen LogP contribution in [0.25, 0.3) is 0 Å². The molecule has 40 heavy (non-hydrogen) atoms. The van der Waals surface area contributed by atoms with Crippen molar-refractivity contribution in [1.82, 2.24) is 42.5 Å². The van der Waals surface area contributed by atoms with E-state index in [1.807, 2.05) is 0 Å². The molecule has 0 aromatic carbocycles. The predicted molar refractivity (Wildman–Crippen MR) is 124 cm³/mol. The van der Waals surface area contributed by atoms with Crippen LogP contribution in [0.3, 0.4) is 0 Å². The lowest BCUT2D eigenvalue weighted by Crippen LogP contribution is -2.74. The molecule has 20 heteroatoms. The summed E-state index contributed by atoms with van der Waals surface area (Å²) in [5.74, 6) is -3.93. The fourth-order valence-electron chi connectivity index (χ4n) is 4.34. The Morgan fingerprint density at radius 1 is 0.425 bits per heavy atom. The fourth-order valence-corrected chi connectivity index (χ4v) is 4.34. The number of hydrogen-bond acceptors (Lipinski definition) is 12. The van der Waals surface area contributed by atoms with Crippen LogP contribution in [0, 0.1) is 0 Å². The second-order valence-corrected chi connectivity index (χ2v) is 8.20. The molecule has 0 radical (unpaired) electrons. The zero-order valence-electron chi connectivity index (χ0n) is 21.7. The maximum absolute atomic E-state index is 12.1. The lowest BCUT2D eigenvalue weighted by Gasteiger charge is -2.31. The molecule has 8 amide bonds. The molecular formula is C20H28N8O12. The summed E-state index contributed by atoms with van der Waals surface area (Å²) in [4.78, 5) is 94.7. The van der Waals surface area contributed by atoms with Crippen molar-refractivity contribution in [3.8, 4) is 0 Å². The van der Waals surface area contributed by atoms with E-state index in [0.29, 0.717) is 0 Å². The van der Waals surface area contributed by atoms with E-state index in [1.54, 1.807) is 27.7 Å². The second-order valence-electron chi connectivity index (χ2n) is 8.20. The normalized spacial score (nSPS) is 30.5. The molecule has 0 bridgehead atoms. The van der Waals surface area contributed by atoms with Gasteiger partial charge in [-0.05, 0) is 27.7 Å². The lowest BCUT2D eigenvalue weighted by molar-refractivity contribution is -0.165. The number of rotatable bonds is 8. The van der Waals surface area contributed by atoms with Gasteiger partial charge >= 0.3 is 48.0 Å². The number of fused-ring (bicyclic) bond motifs is 2. The Bertz CT molecular complexity index is 948. The first-order valence-electron chi connectivity index (χ1n) is 11.9. The van der Waals surface area contributed by atoms with Crippen molar-refractivity contribution in [1.29, 1.82) is 0 Å². The van der Waals surface area contributed by atoms with E-state index >= 15 is 0 Å². The highest BCUT2D eigenvalue weighted by Gasteiger charge is 2.76. The molecule has 20 nitrogen and oxygen atoms in total. The summed E-state index contributed by atoms with van der Waals surface area (Å²) in [5, 5.41) is 17.6. The van der Waals surface area contributed by atoms with Crippen LogP contribution in [-0.4, -0.2) is 97.1 Å². The minimum Gasteiger partial charge on any atom is -0.463 e. The molecule has 0 saturated carbocycles. The van der Waals surface area contributed by atoms with E-state index in [1.165, 1.54) is 0 Å². The predicted octanol–water partition coefficient (Wildman–Crippen LogP) is -3.74. The Hall–Kier alpha value is -5.04.